The van der Waals surface area contributed by atoms with Crippen molar-refractivity contribution in [3.05, 3.63) is 47.6 Å². The van der Waals surface area contributed by atoms with Gasteiger partial charge in [-0.15, -0.1) is 0 Å². The van der Waals surface area contributed by atoms with Crippen LogP contribution >= 0.6 is 0 Å². The molecule has 1 aliphatic carbocycles. The van der Waals surface area contributed by atoms with E-state index in [2.05, 4.69) is 27.5 Å². The number of nitrogens with zero attached hydrogens (tertiary/aromatic N) is 2. The van der Waals surface area contributed by atoms with Crippen molar-refractivity contribution in [1.29, 1.82) is 0 Å². The van der Waals surface area contributed by atoms with Gasteiger partial charge in [-0.05, 0) is 30.9 Å². The van der Waals surface area contributed by atoms with Gasteiger partial charge in [0.2, 0.25) is 5.89 Å². The molecular formula is C15H20BN3O2. The van der Waals surface area contributed by atoms with Gasteiger partial charge >= 0.3 is 7.62 Å². The molecule has 0 aliphatic heterocycles. The van der Waals surface area contributed by atoms with Gasteiger partial charge in [0.05, 0.1) is 0 Å². The van der Waals surface area contributed by atoms with Crippen molar-refractivity contribution in [3.63, 3.8) is 0 Å². The molecule has 1 aromatic heterocycles. The number of nitrogens with one attached hydrogen (secondary N) is 1. The zero-order valence-electron chi connectivity index (χ0n) is 12.3. The third-order valence-electron chi connectivity index (χ3n) is 3.99. The summed E-state index contributed by atoms with van der Waals surface area (Å²) < 4.78 is 10.5. The molecule has 1 heterocycles. The molecule has 21 heavy (non-hydrogen) atoms. The maximum Gasteiger partial charge on any atom is 0.360 e. The molecule has 2 unspecified atom stereocenters. The Balaban J connectivity index is 1.58. The van der Waals surface area contributed by atoms with E-state index in [1.54, 1.807) is 7.11 Å². The number of hydrogen-bond donors (Lipinski definition) is 1. The van der Waals surface area contributed by atoms with E-state index in [9.17, 15) is 0 Å². The first kappa shape index (κ1) is 14.3. The van der Waals surface area contributed by atoms with Crippen LogP contribution in [0, 0.1) is 0 Å². The Morgan fingerprint density at radius 3 is 3.00 bits per heavy atom. The molecule has 3 rings (SSSR count). The molecular weight excluding hydrogens is 265 g/mol. The van der Waals surface area contributed by atoms with Crippen LogP contribution in [-0.2, 0) is 11.1 Å². The number of aromatic nitrogens is 2. The second-order valence-corrected chi connectivity index (χ2v) is 5.56. The molecule has 0 amide bonds. The highest BCUT2D eigenvalue weighted by Crippen LogP contribution is 2.33. The van der Waals surface area contributed by atoms with Crippen LogP contribution in [0.5, 0.6) is 0 Å². The first-order valence-corrected chi connectivity index (χ1v) is 7.44. The molecule has 0 radical (unpaired) electrons. The summed E-state index contributed by atoms with van der Waals surface area (Å²) in [4.78, 5) is 4.57. The molecule has 5 nitrogen and oxygen atoms in total. The lowest BCUT2D eigenvalue weighted by Gasteiger charge is -2.09. The van der Waals surface area contributed by atoms with Crippen LogP contribution in [0.1, 0.15) is 42.5 Å². The third-order valence-corrected chi connectivity index (χ3v) is 3.99. The van der Waals surface area contributed by atoms with Gasteiger partial charge in [0.1, 0.15) is 0 Å². The SMILES string of the molecule is COBNC1CCC(c2nc(Cc3ccccc3)no2)C1. The summed E-state index contributed by atoms with van der Waals surface area (Å²) in [5, 5.41) is 7.48. The molecule has 1 aromatic carbocycles. The highest BCUT2D eigenvalue weighted by Gasteiger charge is 2.29. The fraction of sp³-hybridized carbons (Fsp3) is 0.467. The highest BCUT2D eigenvalue weighted by molar-refractivity contribution is 6.23. The van der Waals surface area contributed by atoms with Gasteiger partial charge in [-0.2, -0.15) is 4.98 Å². The predicted octanol–water partition coefficient (Wildman–Crippen LogP) is 1.80. The van der Waals surface area contributed by atoms with Gasteiger partial charge in [-0.1, -0.05) is 35.5 Å². The first-order chi connectivity index (χ1) is 10.3. The Morgan fingerprint density at radius 1 is 1.33 bits per heavy atom. The van der Waals surface area contributed by atoms with Crippen molar-refractivity contribution in [2.75, 3.05) is 7.11 Å². The van der Waals surface area contributed by atoms with Gasteiger partial charge in [-0.3, -0.25) is 0 Å². The Labute approximate surface area is 125 Å². The minimum Gasteiger partial charge on any atom is -0.427 e. The summed E-state index contributed by atoms with van der Waals surface area (Å²) in [5.41, 5.74) is 1.20. The van der Waals surface area contributed by atoms with Crippen LogP contribution in [0.25, 0.3) is 0 Å². The molecule has 0 saturated heterocycles. The van der Waals surface area contributed by atoms with Crippen molar-refractivity contribution >= 4 is 7.62 Å². The normalized spacial score (nSPS) is 21.6. The topological polar surface area (TPSA) is 60.2 Å². The molecule has 1 N–H and O–H groups in total. The zero-order valence-corrected chi connectivity index (χ0v) is 12.3. The van der Waals surface area contributed by atoms with Crippen LogP contribution in [0.4, 0.5) is 0 Å². The predicted molar refractivity (Wildman–Crippen MR) is 81.2 cm³/mol. The molecule has 1 fully saturated rings. The quantitative estimate of drug-likeness (QED) is 0.820. The Bertz CT molecular complexity index is 561. The summed E-state index contributed by atoms with van der Waals surface area (Å²) in [6, 6.07) is 10.7. The average Bonchev–Trinajstić information content (AvgIpc) is 3.15. The second-order valence-electron chi connectivity index (χ2n) is 5.56. The van der Waals surface area contributed by atoms with Gasteiger partial charge in [0.15, 0.2) is 5.82 Å². The Kier molecular flexibility index (Phi) is 4.67. The number of benzene rings is 1. The van der Waals surface area contributed by atoms with E-state index < -0.39 is 0 Å². The van der Waals surface area contributed by atoms with Crippen molar-refractivity contribution in [2.24, 2.45) is 0 Å². The van der Waals surface area contributed by atoms with Crippen molar-refractivity contribution in [2.45, 2.75) is 37.6 Å². The number of rotatable bonds is 6. The van der Waals surface area contributed by atoms with Crippen LogP contribution in [0.2, 0.25) is 0 Å². The van der Waals surface area contributed by atoms with Gasteiger partial charge in [0, 0.05) is 19.4 Å². The molecule has 2 aromatic rings. The van der Waals surface area contributed by atoms with E-state index in [0.29, 0.717) is 19.6 Å². The van der Waals surface area contributed by atoms with E-state index >= 15 is 0 Å². The van der Waals surface area contributed by atoms with Crippen LogP contribution < -0.4 is 5.23 Å². The molecule has 110 valence electrons. The maximum absolute atomic E-state index is 5.45. The van der Waals surface area contributed by atoms with E-state index in [1.807, 2.05) is 18.2 Å². The summed E-state index contributed by atoms with van der Waals surface area (Å²) in [6.45, 7) is 0. The lowest BCUT2D eigenvalue weighted by Crippen LogP contribution is -2.31. The zero-order chi connectivity index (χ0) is 14.5. The van der Waals surface area contributed by atoms with Crippen molar-refractivity contribution in [3.8, 4) is 0 Å². The standard InChI is InChI=1S/C15H20BN3O2/c1-20-16-18-13-8-7-12(10-13)15-17-14(19-21-15)9-11-5-3-2-4-6-11/h2-6,12-13,16,18H,7-10H2,1H3. The van der Waals surface area contributed by atoms with Crippen LogP contribution in [0.15, 0.2) is 34.9 Å². The third kappa shape index (κ3) is 3.71. The largest absolute Gasteiger partial charge is 0.427 e. The van der Waals surface area contributed by atoms with E-state index in [1.165, 1.54) is 5.56 Å². The van der Waals surface area contributed by atoms with E-state index in [-0.39, 0.29) is 0 Å². The van der Waals surface area contributed by atoms with Gasteiger partial charge in [-0.25, -0.2) is 0 Å². The summed E-state index contributed by atoms with van der Waals surface area (Å²) in [6.07, 6.45) is 3.98. The molecule has 6 heteroatoms. The van der Waals surface area contributed by atoms with E-state index in [0.717, 1.165) is 37.4 Å². The average molecular weight is 285 g/mol. The highest BCUT2D eigenvalue weighted by atomic mass is 16.5. The second kappa shape index (κ2) is 6.87. The number of hydrogen-bond acceptors (Lipinski definition) is 5. The maximum atomic E-state index is 5.45. The van der Waals surface area contributed by atoms with Crippen LogP contribution in [-0.4, -0.2) is 30.9 Å². The summed E-state index contributed by atoms with van der Waals surface area (Å²) in [5.74, 6) is 1.92. The Hall–Kier alpha value is -1.66. The summed E-state index contributed by atoms with van der Waals surface area (Å²) in [7, 11) is 2.30. The Morgan fingerprint density at radius 2 is 2.19 bits per heavy atom. The lowest BCUT2D eigenvalue weighted by atomic mass is 10.1. The van der Waals surface area contributed by atoms with Gasteiger partial charge in [0.25, 0.3) is 0 Å². The fourth-order valence-corrected chi connectivity index (χ4v) is 2.88. The fourth-order valence-electron chi connectivity index (χ4n) is 2.88. The minimum absolute atomic E-state index is 0.372. The smallest absolute Gasteiger partial charge is 0.360 e. The van der Waals surface area contributed by atoms with E-state index in [4.69, 9.17) is 9.18 Å². The molecule has 0 bridgehead atoms. The molecule has 0 spiro atoms. The molecule has 1 aliphatic rings. The van der Waals surface area contributed by atoms with Crippen molar-refractivity contribution in [1.82, 2.24) is 15.4 Å². The lowest BCUT2D eigenvalue weighted by molar-refractivity contribution is 0.348. The van der Waals surface area contributed by atoms with Crippen LogP contribution in [0.3, 0.4) is 0 Å². The van der Waals surface area contributed by atoms with Gasteiger partial charge < -0.3 is 14.4 Å². The monoisotopic (exact) mass is 285 g/mol. The molecule has 2 atom stereocenters. The molecule has 1 saturated carbocycles. The summed E-state index contributed by atoms with van der Waals surface area (Å²) >= 11 is 0. The minimum atomic E-state index is 0.372. The first-order valence-electron chi connectivity index (χ1n) is 7.44. The van der Waals surface area contributed by atoms with Crippen molar-refractivity contribution < 1.29 is 9.18 Å².